The third kappa shape index (κ3) is 3.05. The highest BCUT2D eigenvalue weighted by molar-refractivity contribution is 6.38. The van der Waals surface area contributed by atoms with Gasteiger partial charge in [-0.05, 0) is 31.0 Å². The second-order valence-electron chi connectivity index (χ2n) is 5.67. The number of hydrogen-bond donors (Lipinski definition) is 2. The van der Waals surface area contributed by atoms with E-state index >= 15 is 0 Å². The van der Waals surface area contributed by atoms with Crippen molar-refractivity contribution < 1.29 is 9.18 Å². The molecule has 1 amide bonds. The van der Waals surface area contributed by atoms with Crippen molar-refractivity contribution in [3.8, 4) is 0 Å². The summed E-state index contributed by atoms with van der Waals surface area (Å²) < 4.78 is 13.3. The summed E-state index contributed by atoms with van der Waals surface area (Å²) in [4.78, 5) is 15.4. The number of hydrogen-bond acceptors (Lipinski definition) is 1. The Hall–Kier alpha value is -1.55. The molecule has 2 aromatic rings. The zero-order valence-corrected chi connectivity index (χ0v) is 12.5. The Balaban J connectivity index is 1.82. The molecule has 3 rings (SSSR count). The highest BCUT2D eigenvalue weighted by Crippen LogP contribution is 2.28. The van der Waals surface area contributed by atoms with Crippen molar-refractivity contribution >= 4 is 28.4 Å². The van der Waals surface area contributed by atoms with Gasteiger partial charge in [-0.3, -0.25) is 4.79 Å². The van der Waals surface area contributed by atoms with Gasteiger partial charge in [0.1, 0.15) is 11.5 Å². The zero-order valence-electron chi connectivity index (χ0n) is 11.7. The van der Waals surface area contributed by atoms with E-state index in [1.54, 1.807) is 6.07 Å². The largest absolute Gasteiger partial charge is 0.349 e. The number of halogens is 2. The number of carbonyl (C=O) groups is 1. The van der Waals surface area contributed by atoms with Crippen LogP contribution in [0.4, 0.5) is 4.39 Å². The first-order valence-corrected chi connectivity index (χ1v) is 7.80. The summed E-state index contributed by atoms with van der Waals surface area (Å²) in [6.45, 7) is 0. The maximum atomic E-state index is 13.3. The molecule has 0 saturated heterocycles. The minimum Gasteiger partial charge on any atom is -0.349 e. The molecule has 0 aliphatic heterocycles. The quantitative estimate of drug-likeness (QED) is 0.793. The molecule has 112 valence electrons. The number of carbonyl (C=O) groups excluding carboxylic acids is 1. The lowest BCUT2D eigenvalue weighted by Gasteiger charge is -2.15. The van der Waals surface area contributed by atoms with E-state index in [-0.39, 0.29) is 22.8 Å². The van der Waals surface area contributed by atoms with E-state index in [1.165, 1.54) is 25.0 Å². The van der Waals surface area contributed by atoms with Crippen molar-refractivity contribution in [2.45, 2.75) is 44.6 Å². The number of fused-ring (bicyclic) bond motifs is 1. The summed E-state index contributed by atoms with van der Waals surface area (Å²) >= 11 is 6.22. The van der Waals surface area contributed by atoms with Crippen LogP contribution < -0.4 is 5.32 Å². The molecular formula is C16H18ClFN2O. The number of benzene rings is 1. The van der Waals surface area contributed by atoms with Gasteiger partial charge in [-0.15, -0.1) is 0 Å². The van der Waals surface area contributed by atoms with Crippen LogP contribution in [0.15, 0.2) is 18.2 Å². The minimum absolute atomic E-state index is 0.205. The molecule has 0 spiro atoms. The van der Waals surface area contributed by atoms with E-state index in [0.717, 1.165) is 25.7 Å². The van der Waals surface area contributed by atoms with Crippen LogP contribution >= 0.6 is 11.6 Å². The lowest BCUT2D eigenvalue weighted by Crippen LogP contribution is -2.34. The molecule has 1 aliphatic carbocycles. The van der Waals surface area contributed by atoms with Crippen molar-refractivity contribution in [2.24, 2.45) is 0 Å². The summed E-state index contributed by atoms with van der Waals surface area (Å²) in [7, 11) is 0. The standard InChI is InChI=1S/C16H18ClFN2O/c17-14-12-9-10(18)7-8-13(12)20-15(14)16(21)19-11-5-3-1-2-4-6-11/h7-9,11,20H,1-6H2,(H,19,21). The number of aromatic nitrogens is 1. The molecule has 5 heteroatoms. The van der Waals surface area contributed by atoms with Crippen LogP contribution in [-0.2, 0) is 0 Å². The molecule has 1 aromatic carbocycles. The molecule has 1 fully saturated rings. The maximum Gasteiger partial charge on any atom is 0.269 e. The molecular weight excluding hydrogens is 291 g/mol. The maximum absolute atomic E-state index is 13.3. The van der Waals surface area contributed by atoms with Crippen LogP contribution in [-0.4, -0.2) is 16.9 Å². The fourth-order valence-electron chi connectivity index (χ4n) is 2.97. The summed E-state index contributed by atoms with van der Waals surface area (Å²) in [5, 5.41) is 3.87. The molecule has 0 radical (unpaired) electrons. The van der Waals surface area contributed by atoms with E-state index in [4.69, 9.17) is 11.6 Å². The van der Waals surface area contributed by atoms with E-state index in [0.29, 0.717) is 16.6 Å². The topological polar surface area (TPSA) is 44.9 Å². The SMILES string of the molecule is O=C(NC1CCCCCC1)c1[nH]c2ccc(F)cc2c1Cl. The lowest BCUT2D eigenvalue weighted by molar-refractivity contribution is 0.0929. The van der Waals surface area contributed by atoms with Gasteiger partial charge >= 0.3 is 0 Å². The predicted octanol–water partition coefficient (Wildman–Crippen LogP) is 4.41. The Morgan fingerprint density at radius 2 is 1.95 bits per heavy atom. The van der Waals surface area contributed by atoms with Crippen LogP contribution in [0.25, 0.3) is 10.9 Å². The highest BCUT2D eigenvalue weighted by Gasteiger charge is 2.20. The number of H-pyrrole nitrogens is 1. The Morgan fingerprint density at radius 1 is 1.24 bits per heavy atom. The average Bonchev–Trinajstić information content (AvgIpc) is 2.65. The van der Waals surface area contributed by atoms with E-state index < -0.39 is 0 Å². The summed E-state index contributed by atoms with van der Waals surface area (Å²) in [6.07, 6.45) is 6.79. The summed E-state index contributed by atoms with van der Waals surface area (Å²) in [6, 6.07) is 4.50. The molecule has 3 nitrogen and oxygen atoms in total. The van der Waals surface area contributed by atoms with Gasteiger partial charge in [-0.25, -0.2) is 4.39 Å². The number of aromatic amines is 1. The van der Waals surface area contributed by atoms with Gasteiger partial charge in [-0.2, -0.15) is 0 Å². The van der Waals surface area contributed by atoms with Gasteiger partial charge < -0.3 is 10.3 Å². The lowest BCUT2D eigenvalue weighted by atomic mass is 10.1. The van der Waals surface area contributed by atoms with Crippen molar-refractivity contribution in [3.63, 3.8) is 0 Å². The molecule has 21 heavy (non-hydrogen) atoms. The monoisotopic (exact) mass is 308 g/mol. The second-order valence-corrected chi connectivity index (χ2v) is 6.04. The van der Waals surface area contributed by atoms with Crippen LogP contribution in [0, 0.1) is 5.82 Å². The first-order valence-electron chi connectivity index (χ1n) is 7.43. The normalized spacial score (nSPS) is 16.9. The van der Waals surface area contributed by atoms with Gasteiger partial charge in [0, 0.05) is 16.9 Å². The van der Waals surface area contributed by atoms with Crippen LogP contribution in [0.5, 0.6) is 0 Å². The van der Waals surface area contributed by atoms with Crippen molar-refractivity contribution in [2.75, 3.05) is 0 Å². The summed E-state index contributed by atoms with van der Waals surface area (Å²) in [5.41, 5.74) is 0.994. The van der Waals surface area contributed by atoms with Gasteiger partial charge in [0.2, 0.25) is 0 Å². The number of amides is 1. The minimum atomic E-state index is -0.362. The second kappa shape index (κ2) is 6.06. The molecule has 1 heterocycles. The molecule has 0 atom stereocenters. The van der Waals surface area contributed by atoms with E-state index in [9.17, 15) is 9.18 Å². The van der Waals surface area contributed by atoms with Crippen molar-refractivity contribution in [1.82, 2.24) is 10.3 Å². The molecule has 0 bridgehead atoms. The van der Waals surface area contributed by atoms with Crippen LogP contribution in [0.3, 0.4) is 0 Å². The number of nitrogens with one attached hydrogen (secondary N) is 2. The molecule has 2 N–H and O–H groups in total. The zero-order chi connectivity index (χ0) is 14.8. The van der Waals surface area contributed by atoms with Gasteiger partial charge in [0.25, 0.3) is 5.91 Å². The molecule has 1 aromatic heterocycles. The fourth-order valence-corrected chi connectivity index (χ4v) is 3.26. The summed E-state index contributed by atoms with van der Waals surface area (Å²) in [5.74, 6) is -0.567. The molecule has 1 aliphatic rings. The first kappa shape index (κ1) is 14.4. The van der Waals surface area contributed by atoms with Gasteiger partial charge in [0.05, 0.1) is 5.02 Å². The van der Waals surface area contributed by atoms with Crippen molar-refractivity contribution in [1.29, 1.82) is 0 Å². The Bertz CT molecular complexity index is 660. The highest BCUT2D eigenvalue weighted by atomic mass is 35.5. The first-order chi connectivity index (χ1) is 10.1. The predicted molar refractivity (Wildman–Crippen MR) is 82.2 cm³/mol. The van der Waals surface area contributed by atoms with Crippen LogP contribution in [0.2, 0.25) is 5.02 Å². The van der Waals surface area contributed by atoms with E-state index in [2.05, 4.69) is 10.3 Å². The number of rotatable bonds is 2. The Kier molecular flexibility index (Phi) is 4.15. The molecule has 1 saturated carbocycles. The molecule has 0 unspecified atom stereocenters. The Labute approximate surface area is 127 Å². The third-order valence-corrected chi connectivity index (χ3v) is 4.51. The van der Waals surface area contributed by atoms with Crippen molar-refractivity contribution in [3.05, 3.63) is 34.7 Å². The fraction of sp³-hybridized carbons (Fsp3) is 0.438. The smallest absolute Gasteiger partial charge is 0.269 e. The average molecular weight is 309 g/mol. The van der Waals surface area contributed by atoms with Crippen LogP contribution in [0.1, 0.15) is 49.0 Å². The van der Waals surface area contributed by atoms with E-state index in [1.807, 2.05) is 0 Å². The third-order valence-electron chi connectivity index (χ3n) is 4.11. The van der Waals surface area contributed by atoms with Gasteiger partial charge in [-0.1, -0.05) is 37.3 Å². The van der Waals surface area contributed by atoms with Gasteiger partial charge in [0.15, 0.2) is 0 Å². The Morgan fingerprint density at radius 3 is 2.67 bits per heavy atom.